The van der Waals surface area contributed by atoms with Crippen molar-refractivity contribution in [1.82, 2.24) is 4.90 Å². The first kappa shape index (κ1) is 15.3. The number of morpholine rings is 1. The zero-order valence-electron chi connectivity index (χ0n) is 12.8. The van der Waals surface area contributed by atoms with E-state index in [1.54, 1.807) is 0 Å². The summed E-state index contributed by atoms with van der Waals surface area (Å²) in [6.45, 7) is 16.5. The van der Waals surface area contributed by atoms with Gasteiger partial charge >= 0.3 is 0 Å². The molecule has 1 saturated heterocycles. The molecule has 4 nitrogen and oxygen atoms in total. The van der Waals surface area contributed by atoms with Crippen molar-refractivity contribution in [3.05, 3.63) is 0 Å². The van der Waals surface area contributed by atoms with Crippen molar-refractivity contribution in [2.75, 3.05) is 26.2 Å². The number of ether oxygens (including phenoxy) is 1. The van der Waals surface area contributed by atoms with Gasteiger partial charge in [-0.25, -0.2) is 0 Å². The van der Waals surface area contributed by atoms with Crippen molar-refractivity contribution in [3.63, 3.8) is 0 Å². The van der Waals surface area contributed by atoms with Gasteiger partial charge in [0.25, 0.3) is 0 Å². The molecule has 18 heavy (non-hydrogen) atoms. The summed E-state index contributed by atoms with van der Waals surface area (Å²) >= 11 is 0. The monoisotopic (exact) mass is 255 g/mol. The van der Waals surface area contributed by atoms with E-state index in [0.29, 0.717) is 5.96 Å². The van der Waals surface area contributed by atoms with Gasteiger partial charge in [-0.05, 0) is 17.8 Å². The maximum absolute atomic E-state index is 6.08. The average Bonchev–Trinajstić information content (AvgIpc) is 2.24. The number of nitrogens with zero attached hydrogens (tertiary/aromatic N) is 2. The number of hydrogen-bond donors (Lipinski definition) is 1. The van der Waals surface area contributed by atoms with Crippen LogP contribution in [0.3, 0.4) is 0 Å². The molecule has 0 aromatic rings. The third-order valence-electron chi connectivity index (χ3n) is 4.23. The molecule has 0 radical (unpaired) electrons. The molecular weight excluding hydrogens is 226 g/mol. The summed E-state index contributed by atoms with van der Waals surface area (Å²) in [5, 5.41) is 0. The van der Waals surface area contributed by atoms with Crippen LogP contribution in [0.25, 0.3) is 0 Å². The van der Waals surface area contributed by atoms with Crippen LogP contribution in [0.2, 0.25) is 0 Å². The zero-order chi connectivity index (χ0) is 14.0. The van der Waals surface area contributed by atoms with Crippen LogP contribution < -0.4 is 5.73 Å². The van der Waals surface area contributed by atoms with Gasteiger partial charge in [0.15, 0.2) is 5.96 Å². The Morgan fingerprint density at radius 1 is 1.33 bits per heavy atom. The molecule has 0 aliphatic carbocycles. The Morgan fingerprint density at radius 3 is 2.44 bits per heavy atom. The average molecular weight is 255 g/mol. The van der Waals surface area contributed by atoms with Crippen molar-refractivity contribution in [1.29, 1.82) is 0 Å². The molecule has 0 aromatic heterocycles. The Labute approximate surface area is 112 Å². The second-order valence-electron chi connectivity index (χ2n) is 6.94. The Hall–Kier alpha value is -0.770. The third kappa shape index (κ3) is 3.87. The van der Waals surface area contributed by atoms with E-state index >= 15 is 0 Å². The highest BCUT2D eigenvalue weighted by Crippen LogP contribution is 2.37. The minimum absolute atomic E-state index is 0.134. The second-order valence-corrected chi connectivity index (χ2v) is 6.94. The summed E-state index contributed by atoms with van der Waals surface area (Å²) in [5.41, 5.74) is 6.43. The lowest BCUT2D eigenvalue weighted by molar-refractivity contribution is 0.00514. The molecule has 2 N–H and O–H groups in total. The fraction of sp³-hybridized carbons (Fsp3) is 0.929. The molecule has 1 heterocycles. The van der Waals surface area contributed by atoms with Crippen LogP contribution >= 0.6 is 0 Å². The first-order valence-corrected chi connectivity index (χ1v) is 6.80. The third-order valence-corrected chi connectivity index (χ3v) is 4.23. The smallest absolute Gasteiger partial charge is 0.191 e. The maximum atomic E-state index is 6.08. The molecule has 1 aliphatic heterocycles. The molecule has 0 bridgehead atoms. The fourth-order valence-electron chi connectivity index (χ4n) is 1.64. The largest absolute Gasteiger partial charge is 0.375 e. The van der Waals surface area contributed by atoms with Crippen LogP contribution in [0.4, 0.5) is 0 Å². The van der Waals surface area contributed by atoms with Crippen molar-refractivity contribution < 1.29 is 4.74 Å². The zero-order valence-corrected chi connectivity index (χ0v) is 12.8. The predicted molar refractivity (Wildman–Crippen MR) is 76.7 cm³/mol. The summed E-state index contributed by atoms with van der Waals surface area (Å²) in [4.78, 5) is 6.70. The SMILES string of the molecule is CC1CN(C(N)=NCC(C)(C)C(C)(C)C)CCO1. The lowest BCUT2D eigenvalue weighted by Gasteiger charge is -2.38. The molecule has 1 fully saturated rings. The normalized spacial score (nSPS) is 23.3. The van der Waals surface area contributed by atoms with Gasteiger partial charge in [-0.1, -0.05) is 34.6 Å². The van der Waals surface area contributed by atoms with Crippen molar-refractivity contribution >= 4 is 5.96 Å². The van der Waals surface area contributed by atoms with E-state index in [9.17, 15) is 0 Å². The number of nitrogens with two attached hydrogens (primary N) is 1. The summed E-state index contributed by atoms with van der Waals surface area (Å²) in [6.07, 6.45) is 0.239. The first-order chi connectivity index (χ1) is 8.13. The lowest BCUT2D eigenvalue weighted by atomic mass is 9.69. The summed E-state index contributed by atoms with van der Waals surface area (Å²) in [6, 6.07) is 0. The molecule has 0 aromatic carbocycles. The molecule has 0 amide bonds. The van der Waals surface area contributed by atoms with Crippen LogP contribution in [0.15, 0.2) is 4.99 Å². The van der Waals surface area contributed by atoms with E-state index in [4.69, 9.17) is 10.5 Å². The highest BCUT2D eigenvalue weighted by atomic mass is 16.5. The Balaban J connectivity index is 2.61. The molecule has 0 spiro atoms. The van der Waals surface area contributed by atoms with Crippen LogP contribution in [0.1, 0.15) is 41.5 Å². The topological polar surface area (TPSA) is 50.8 Å². The molecule has 1 aliphatic rings. The Bertz CT molecular complexity index is 305. The Morgan fingerprint density at radius 2 is 1.94 bits per heavy atom. The van der Waals surface area contributed by atoms with Gasteiger partial charge in [-0.3, -0.25) is 4.99 Å². The van der Waals surface area contributed by atoms with Crippen LogP contribution in [0, 0.1) is 10.8 Å². The van der Waals surface area contributed by atoms with Gasteiger partial charge in [0.05, 0.1) is 12.7 Å². The number of guanidine groups is 1. The fourth-order valence-corrected chi connectivity index (χ4v) is 1.64. The predicted octanol–water partition coefficient (Wildman–Crippen LogP) is 2.09. The van der Waals surface area contributed by atoms with E-state index in [0.717, 1.165) is 26.2 Å². The maximum Gasteiger partial charge on any atom is 0.191 e. The molecule has 4 heteroatoms. The van der Waals surface area contributed by atoms with Crippen LogP contribution in [-0.4, -0.2) is 43.2 Å². The van der Waals surface area contributed by atoms with Gasteiger partial charge in [-0.2, -0.15) is 0 Å². The van der Waals surface area contributed by atoms with E-state index in [1.165, 1.54) is 0 Å². The molecule has 106 valence electrons. The minimum Gasteiger partial charge on any atom is -0.375 e. The number of rotatable bonds is 2. The highest BCUT2D eigenvalue weighted by Gasteiger charge is 2.32. The lowest BCUT2D eigenvalue weighted by Crippen LogP contribution is -2.48. The first-order valence-electron chi connectivity index (χ1n) is 6.80. The van der Waals surface area contributed by atoms with Gasteiger partial charge in [-0.15, -0.1) is 0 Å². The number of hydrogen-bond acceptors (Lipinski definition) is 2. The summed E-state index contributed by atoms with van der Waals surface area (Å²) in [7, 11) is 0. The van der Waals surface area contributed by atoms with Gasteiger partial charge in [0, 0.05) is 19.6 Å². The van der Waals surface area contributed by atoms with Crippen molar-refractivity contribution in [2.45, 2.75) is 47.6 Å². The quantitative estimate of drug-likeness (QED) is 0.607. The van der Waals surface area contributed by atoms with E-state index in [1.807, 2.05) is 0 Å². The Kier molecular flexibility index (Phi) is 4.65. The molecule has 1 unspecified atom stereocenters. The standard InChI is InChI=1S/C14H29N3O/c1-11-9-17(7-8-18-11)12(15)16-10-14(5,6)13(2,3)4/h11H,7-10H2,1-6H3,(H2,15,16). The molecular formula is C14H29N3O. The summed E-state index contributed by atoms with van der Waals surface area (Å²) < 4.78 is 5.51. The summed E-state index contributed by atoms with van der Waals surface area (Å²) in [5.74, 6) is 0.655. The molecule has 0 saturated carbocycles. The van der Waals surface area contributed by atoms with E-state index in [-0.39, 0.29) is 16.9 Å². The van der Waals surface area contributed by atoms with Crippen LogP contribution in [0.5, 0.6) is 0 Å². The van der Waals surface area contributed by atoms with Gasteiger partial charge < -0.3 is 15.4 Å². The van der Waals surface area contributed by atoms with E-state index in [2.05, 4.69) is 51.4 Å². The van der Waals surface area contributed by atoms with Gasteiger partial charge in [0.1, 0.15) is 0 Å². The molecule has 1 rings (SSSR count). The van der Waals surface area contributed by atoms with Gasteiger partial charge in [0.2, 0.25) is 0 Å². The highest BCUT2D eigenvalue weighted by molar-refractivity contribution is 5.78. The van der Waals surface area contributed by atoms with E-state index < -0.39 is 0 Å². The molecule has 1 atom stereocenters. The van der Waals surface area contributed by atoms with Crippen LogP contribution in [-0.2, 0) is 4.74 Å². The van der Waals surface area contributed by atoms with Crippen molar-refractivity contribution in [3.8, 4) is 0 Å². The number of aliphatic imine (C=N–C) groups is 1. The van der Waals surface area contributed by atoms with Crippen molar-refractivity contribution in [2.24, 2.45) is 21.6 Å². The minimum atomic E-state index is 0.134. The second kappa shape index (κ2) is 5.47.